The van der Waals surface area contributed by atoms with Crippen LogP contribution in [0.15, 0.2) is 24.3 Å². The third kappa shape index (κ3) is 7.28. The highest BCUT2D eigenvalue weighted by molar-refractivity contribution is 8.00. The van der Waals surface area contributed by atoms with E-state index in [1.807, 2.05) is 19.1 Å². The topological polar surface area (TPSA) is 66.5 Å². The van der Waals surface area contributed by atoms with E-state index in [0.717, 1.165) is 24.0 Å². The van der Waals surface area contributed by atoms with Crippen LogP contribution < -0.4 is 9.62 Å². The summed E-state index contributed by atoms with van der Waals surface area (Å²) in [5, 5.41) is 2.83. The summed E-state index contributed by atoms with van der Waals surface area (Å²) < 4.78 is 25.8. The van der Waals surface area contributed by atoms with Crippen LogP contribution in [-0.2, 0) is 21.2 Å². The maximum Gasteiger partial charge on any atom is 0.243 e. The van der Waals surface area contributed by atoms with Crippen molar-refractivity contribution < 1.29 is 13.2 Å². The molecule has 5 nitrogen and oxygen atoms in total. The molecule has 0 aromatic heterocycles. The first-order chi connectivity index (χ1) is 11.5. The van der Waals surface area contributed by atoms with Gasteiger partial charge in [-0.05, 0) is 31.0 Å². The van der Waals surface area contributed by atoms with E-state index in [2.05, 4.69) is 26.1 Å². The first-order valence-electron chi connectivity index (χ1n) is 8.45. The van der Waals surface area contributed by atoms with Crippen molar-refractivity contribution in [1.29, 1.82) is 0 Å². The van der Waals surface area contributed by atoms with E-state index in [1.165, 1.54) is 4.31 Å². The third-order valence-corrected chi connectivity index (χ3v) is 6.14. The molecule has 1 aromatic carbocycles. The van der Waals surface area contributed by atoms with Gasteiger partial charge in [0.05, 0.1) is 11.9 Å². The second kappa shape index (κ2) is 8.94. The standard InChI is InChI=1S/C18H30N2O3S2/c1-7-15-8-10-16(11-9-15)20(25(6,22)23)14(2)17(21)19-12-13-24-18(3,4)5/h8-11,14H,7,12-13H2,1-6H3,(H,19,21). The molecular formula is C18H30N2O3S2. The molecule has 1 atom stereocenters. The smallest absolute Gasteiger partial charge is 0.243 e. The SMILES string of the molecule is CCc1ccc(N(C(C)C(=O)NCCSC(C)(C)C)S(C)(=O)=O)cc1. The first-order valence-corrected chi connectivity index (χ1v) is 11.3. The third-order valence-electron chi connectivity index (χ3n) is 3.62. The number of benzene rings is 1. The molecule has 142 valence electrons. The molecule has 1 N–H and O–H groups in total. The molecule has 0 aliphatic heterocycles. The number of rotatable bonds is 8. The number of sulfonamides is 1. The molecule has 1 aromatic rings. The Balaban J connectivity index is 2.83. The summed E-state index contributed by atoms with van der Waals surface area (Å²) >= 11 is 1.76. The van der Waals surface area contributed by atoms with Crippen LogP contribution in [0.5, 0.6) is 0 Å². The van der Waals surface area contributed by atoms with Gasteiger partial charge in [0.25, 0.3) is 0 Å². The minimum atomic E-state index is -3.57. The number of hydrogen-bond acceptors (Lipinski definition) is 4. The number of carbonyl (C=O) groups is 1. The summed E-state index contributed by atoms with van der Waals surface area (Å²) in [4.78, 5) is 12.4. The van der Waals surface area contributed by atoms with Gasteiger partial charge in [0.2, 0.25) is 15.9 Å². The zero-order valence-corrected chi connectivity index (χ0v) is 17.6. The van der Waals surface area contributed by atoms with Gasteiger partial charge in [-0.15, -0.1) is 0 Å². The van der Waals surface area contributed by atoms with Crippen molar-refractivity contribution in [1.82, 2.24) is 5.32 Å². The Bertz CT molecular complexity index is 665. The number of amides is 1. The summed E-state index contributed by atoms with van der Waals surface area (Å²) in [7, 11) is -3.57. The van der Waals surface area contributed by atoms with E-state index in [1.54, 1.807) is 30.8 Å². The number of thioether (sulfide) groups is 1. The minimum Gasteiger partial charge on any atom is -0.353 e. The van der Waals surface area contributed by atoms with Gasteiger partial charge in [-0.2, -0.15) is 11.8 Å². The quantitative estimate of drug-likeness (QED) is 0.697. The maximum absolute atomic E-state index is 12.4. The summed E-state index contributed by atoms with van der Waals surface area (Å²) in [5.74, 6) is 0.492. The first kappa shape index (κ1) is 21.8. The van der Waals surface area contributed by atoms with E-state index in [4.69, 9.17) is 0 Å². The van der Waals surface area contributed by atoms with E-state index in [9.17, 15) is 13.2 Å². The Kier molecular flexibility index (Phi) is 7.81. The highest BCUT2D eigenvalue weighted by Gasteiger charge is 2.28. The zero-order valence-electron chi connectivity index (χ0n) is 16.0. The molecule has 0 saturated carbocycles. The molecule has 0 radical (unpaired) electrons. The average molecular weight is 387 g/mol. The largest absolute Gasteiger partial charge is 0.353 e. The molecule has 0 heterocycles. The van der Waals surface area contributed by atoms with E-state index in [-0.39, 0.29) is 10.7 Å². The van der Waals surface area contributed by atoms with Crippen molar-refractivity contribution in [2.45, 2.75) is 51.8 Å². The van der Waals surface area contributed by atoms with Gasteiger partial charge in [0.15, 0.2) is 0 Å². The van der Waals surface area contributed by atoms with Crippen molar-refractivity contribution >= 4 is 33.4 Å². The molecule has 7 heteroatoms. The molecule has 1 rings (SSSR count). The van der Waals surface area contributed by atoms with Gasteiger partial charge in [0, 0.05) is 17.0 Å². The van der Waals surface area contributed by atoms with Gasteiger partial charge in [-0.1, -0.05) is 39.8 Å². The van der Waals surface area contributed by atoms with Gasteiger partial charge < -0.3 is 5.32 Å². The highest BCUT2D eigenvalue weighted by Crippen LogP contribution is 2.23. The van der Waals surface area contributed by atoms with Crippen molar-refractivity contribution in [3.05, 3.63) is 29.8 Å². The maximum atomic E-state index is 12.4. The molecule has 0 bridgehead atoms. The van der Waals surface area contributed by atoms with Gasteiger partial charge in [-0.25, -0.2) is 8.42 Å². The molecule has 25 heavy (non-hydrogen) atoms. The van der Waals surface area contributed by atoms with Crippen LogP contribution in [0.3, 0.4) is 0 Å². The van der Waals surface area contributed by atoms with E-state index < -0.39 is 16.1 Å². The summed E-state index contributed by atoms with van der Waals surface area (Å²) in [6, 6.07) is 6.47. The molecular weight excluding hydrogens is 356 g/mol. The lowest BCUT2D eigenvalue weighted by molar-refractivity contribution is -0.121. The molecule has 0 fully saturated rings. The van der Waals surface area contributed by atoms with Gasteiger partial charge >= 0.3 is 0 Å². The molecule has 1 unspecified atom stereocenters. The predicted molar refractivity (Wildman–Crippen MR) is 108 cm³/mol. The lowest BCUT2D eigenvalue weighted by Gasteiger charge is -2.28. The van der Waals surface area contributed by atoms with E-state index >= 15 is 0 Å². The number of carbonyl (C=O) groups excluding carboxylic acids is 1. The van der Waals surface area contributed by atoms with Crippen LogP contribution in [0, 0.1) is 0 Å². The van der Waals surface area contributed by atoms with E-state index in [0.29, 0.717) is 12.2 Å². The number of nitrogens with one attached hydrogen (secondary N) is 1. The fourth-order valence-electron chi connectivity index (χ4n) is 2.37. The number of hydrogen-bond donors (Lipinski definition) is 1. The Morgan fingerprint density at radius 1 is 1.24 bits per heavy atom. The summed E-state index contributed by atoms with van der Waals surface area (Å²) in [5.41, 5.74) is 1.62. The van der Waals surface area contributed by atoms with Crippen LogP contribution in [0.1, 0.15) is 40.2 Å². The lowest BCUT2D eigenvalue weighted by atomic mass is 10.1. The van der Waals surface area contributed by atoms with Crippen molar-refractivity contribution in [3.63, 3.8) is 0 Å². The fraction of sp³-hybridized carbons (Fsp3) is 0.611. The van der Waals surface area contributed by atoms with Crippen LogP contribution in [0.2, 0.25) is 0 Å². The highest BCUT2D eigenvalue weighted by atomic mass is 32.2. The second-order valence-corrected chi connectivity index (χ2v) is 10.8. The number of aryl methyl sites for hydroxylation is 1. The number of nitrogens with zero attached hydrogens (tertiary/aromatic N) is 1. The molecule has 1 amide bonds. The molecule has 0 aliphatic carbocycles. The normalized spacial score (nSPS) is 13.4. The van der Waals surface area contributed by atoms with Crippen LogP contribution in [-0.4, -0.2) is 43.7 Å². The minimum absolute atomic E-state index is 0.135. The van der Waals surface area contributed by atoms with Crippen molar-refractivity contribution in [2.24, 2.45) is 0 Å². The average Bonchev–Trinajstić information content (AvgIpc) is 2.49. The van der Waals surface area contributed by atoms with Crippen LogP contribution in [0.4, 0.5) is 5.69 Å². The summed E-state index contributed by atoms with van der Waals surface area (Å²) in [6.45, 7) is 10.5. The van der Waals surface area contributed by atoms with Crippen molar-refractivity contribution in [3.8, 4) is 0 Å². The monoisotopic (exact) mass is 386 g/mol. The molecule has 0 spiro atoms. The Morgan fingerprint density at radius 3 is 2.24 bits per heavy atom. The zero-order chi connectivity index (χ0) is 19.3. The van der Waals surface area contributed by atoms with Crippen LogP contribution in [0.25, 0.3) is 0 Å². The molecule has 0 saturated heterocycles. The Hall–Kier alpha value is -1.21. The second-order valence-electron chi connectivity index (χ2n) is 7.01. The fourth-order valence-corrected chi connectivity index (χ4v) is 4.36. The van der Waals surface area contributed by atoms with Gasteiger partial charge in [0.1, 0.15) is 6.04 Å². The number of anilines is 1. The van der Waals surface area contributed by atoms with Crippen LogP contribution >= 0.6 is 11.8 Å². The predicted octanol–water partition coefficient (Wildman–Crippen LogP) is 3.05. The van der Waals surface area contributed by atoms with Gasteiger partial charge in [-0.3, -0.25) is 9.10 Å². The Morgan fingerprint density at radius 2 is 1.80 bits per heavy atom. The molecule has 0 aliphatic rings. The lowest BCUT2D eigenvalue weighted by Crippen LogP contribution is -2.48. The summed E-state index contributed by atoms with van der Waals surface area (Å²) in [6.07, 6.45) is 2.00. The Labute approximate surface area is 156 Å². The van der Waals surface area contributed by atoms with Crippen molar-refractivity contribution in [2.75, 3.05) is 22.9 Å².